The molecule has 3 heteroatoms. The minimum Gasteiger partial charge on any atom is -0.458 e. The summed E-state index contributed by atoms with van der Waals surface area (Å²) < 4.78 is 6.17. The lowest BCUT2D eigenvalue weighted by Crippen LogP contribution is -2.55. The lowest BCUT2D eigenvalue weighted by Gasteiger charge is -2.58. The normalized spacial score (nSPS) is 56.1. The van der Waals surface area contributed by atoms with Gasteiger partial charge in [0.25, 0.3) is 0 Å². The van der Waals surface area contributed by atoms with Crippen molar-refractivity contribution in [1.29, 1.82) is 0 Å². The highest BCUT2D eigenvalue weighted by Gasteiger charge is 2.79. The highest BCUT2D eigenvalue weighted by atomic mass is 16.6. The molecule has 28 heavy (non-hydrogen) atoms. The van der Waals surface area contributed by atoms with Gasteiger partial charge in [0.15, 0.2) is 5.78 Å². The maximum Gasteiger partial charge on any atom is 0.306 e. The van der Waals surface area contributed by atoms with Crippen LogP contribution in [-0.2, 0) is 14.3 Å². The minimum atomic E-state index is -0.243. The molecule has 3 unspecified atom stereocenters. The number of hydrogen-bond donors (Lipinski definition) is 0. The molecule has 146 valence electrons. The van der Waals surface area contributed by atoms with Crippen molar-refractivity contribution in [2.24, 2.45) is 45.8 Å². The van der Waals surface area contributed by atoms with Gasteiger partial charge in [-0.3, -0.25) is 9.59 Å². The molecule has 7 rings (SSSR count). The van der Waals surface area contributed by atoms with Crippen LogP contribution in [0.25, 0.3) is 0 Å². The van der Waals surface area contributed by atoms with E-state index in [-0.39, 0.29) is 33.6 Å². The van der Waals surface area contributed by atoms with E-state index in [0.717, 1.165) is 6.42 Å². The Kier molecular flexibility index (Phi) is 2.55. The summed E-state index contributed by atoms with van der Waals surface area (Å²) in [6.07, 6.45) is 17.3. The molecule has 4 saturated carbocycles. The standard InChI is InChI=1S/C25H28O3/c1-22-6-3-14(26)11-19(22)24(9-10-24)13-16-17(22)4-7-23(2)21(16)15-12-18(15)25(23)8-5-20(27)28-25/h3-4,6-7,11,15-18,21H,5,8-10,12-13H2,1-2H3/t15-,16?,17?,18+,21?,22-,23+,25+/m1/s1. The molecule has 3 nitrogen and oxygen atoms in total. The summed E-state index contributed by atoms with van der Waals surface area (Å²) in [5.74, 6) is 3.17. The van der Waals surface area contributed by atoms with Crippen LogP contribution in [0.5, 0.6) is 0 Å². The number of ketones is 1. The third-order valence-electron chi connectivity index (χ3n) is 10.3. The maximum absolute atomic E-state index is 12.2. The predicted octanol–water partition coefficient (Wildman–Crippen LogP) is 4.39. The first-order valence-electron chi connectivity index (χ1n) is 11.2. The summed E-state index contributed by atoms with van der Waals surface area (Å²) >= 11 is 0. The summed E-state index contributed by atoms with van der Waals surface area (Å²) in [4.78, 5) is 24.4. The molecule has 0 aromatic carbocycles. The number of carbonyl (C=O) groups excluding carboxylic acids is 2. The van der Waals surface area contributed by atoms with Gasteiger partial charge in [-0.2, -0.15) is 0 Å². The van der Waals surface area contributed by atoms with Crippen molar-refractivity contribution in [2.45, 2.75) is 58.0 Å². The van der Waals surface area contributed by atoms with Gasteiger partial charge in [0, 0.05) is 23.2 Å². The SMILES string of the molecule is C[C@]12C=CC(=O)C=C1C1(CC1)CC1C2C=C[C@@]2(C)C1[C@@H]1C[C@@H]1[C@@]21CCC(=O)O1. The van der Waals surface area contributed by atoms with Crippen molar-refractivity contribution in [3.63, 3.8) is 0 Å². The summed E-state index contributed by atoms with van der Waals surface area (Å²) in [5.41, 5.74) is 1.38. The fourth-order valence-electron chi connectivity index (χ4n) is 8.98. The second-order valence-corrected chi connectivity index (χ2v) is 11.3. The maximum atomic E-state index is 12.2. The van der Waals surface area contributed by atoms with Gasteiger partial charge in [-0.15, -0.1) is 0 Å². The van der Waals surface area contributed by atoms with Crippen LogP contribution in [0.2, 0.25) is 0 Å². The molecule has 1 saturated heterocycles. The molecule has 0 bridgehead atoms. The van der Waals surface area contributed by atoms with E-state index >= 15 is 0 Å². The Hall–Kier alpha value is -1.64. The summed E-state index contributed by atoms with van der Waals surface area (Å²) in [7, 11) is 0. The zero-order valence-electron chi connectivity index (χ0n) is 16.7. The van der Waals surface area contributed by atoms with Gasteiger partial charge in [0.2, 0.25) is 0 Å². The molecule has 0 aromatic rings. The Morgan fingerprint density at radius 3 is 2.61 bits per heavy atom. The molecule has 5 fully saturated rings. The average Bonchev–Trinajstić information content (AvgIpc) is 3.55. The molecule has 2 spiro atoms. The van der Waals surface area contributed by atoms with E-state index < -0.39 is 0 Å². The van der Waals surface area contributed by atoms with Crippen molar-refractivity contribution in [2.75, 3.05) is 0 Å². The number of hydrogen-bond acceptors (Lipinski definition) is 3. The first-order valence-corrected chi connectivity index (χ1v) is 11.2. The van der Waals surface area contributed by atoms with Crippen LogP contribution < -0.4 is 0 Å². The van der Waals surface area contributed by atoms with Crippen LogP contribution in [0.4, 0.5) is 0 Å². The number of esters is 1. The highest BCUT2D eigenvalue weighted by molar-refractivity contribution is 6.01. The van der Waals surface area contributed by atoms with Crippen molar-refractivity contribution in [3.8, 4) is 0 Å². The van der Waals surface area contributed by atoms with Gasteiger partial charge in [-0.05, 0) is 78.9 Å². The Bertz CT molecular complexity index is 935. The van der Waals surface area contributed by atoms with E-state index in [1.165, 1.54) is 31.3 Å². The molecule has 1 aliphatic heterocycles. The van der Waals surface area contributed by atoms with E-state index in [2.05, 4.69) is 32.1 Å². The molecule has 0 amide bonds. The van der Waals surface area contributed by atoms with E-state index in [1.54, 1.807) is 6.08 Å². The topological polar surface area (TPSA) is 43.4 Å². The molecular weight excluding hydrogens is 348 g/mol. The van der Waals surface area contributed by atoms with Crippen molar-refractivity contribution < 1.29 is 14.3 Å². The van der Waals surface area contributed by atoms with E-state index in [4.69, 9.17) is 4.74 Å². The van der Waals surface area contributed by atoms with Crippen molar-refractivity contribution in [3.05, 3.63) is 36.0 Å². The predicted molar refractivity (Wildman–Crippen MR) is 104 cm³/mol. The lowest BCUT2D eigenvalue weighted by atomic mass is 9.46. The quantitative estimate of drug-likeness (QED) is 0.465. The van der Waals surface area contributed by atoms with E-state index in [1.807, 2.05) is 6.08 Å². The summed E-state index contributed by atoms with van der Waals surface area (Å²) in [6.45, 7) is 4.76. The van der Waals surface area contributed by atoms with Crippen LogP contribution in [0.15, 0.2) is 36.0 Å². The van der Waals surface area contributed by atoms with Gasteiger partial charge >= 0.3 is 5.97 Å². The third kappa shape index (κ3) is 1.56. The molecule has 1 heterocycles. The van der Waals surface area contributed by atoms with E-state index in [9.17, 15) is 9.59 Å². The number of allylic oxidation sites excluding steroid dienone is 5. The number of carbonyl (C=O) groups is 2. The van der Waals surface area contributed by atoms with Crippen molar-refractivity contribution in [1.82, 2.24) is 0 Å². The zero-order chi connectivity index (χ0) is 19.1. The largest absolute Gasteiger partial charge is 0.458 e. The summed E-state index contributed by atoms with van der Waals surface area (Å²) in [6, 6.07) is 0. The Balaban J connectivity index is 1.39. The van der Waals surface area contributed by atoms with Gasteiger partial charge in [0.1, 0.15) is 5.60 Å². The van der Waals surface area contributed by atoms with Gasteiger partial charge in [0.05, 0.1) is 0 Å². The molecule has 0 radical (unpaired) electrons. The van der Waals surface area contributed by atoms with Crippen LogP contribution in [-0.4, -0.2) is 17.4 Å². The Labute approximate surface area is 166 Å². The highest BCUT2D eigenvalue weighted by Crippen LogP contribution is 2.80. The van der Waals surface area contributed by atoms with Gasteiger partial charge in [-0.25, -0.2) is 0 Å². The molecule has 0 aromatic heterocycles. The Morgan fingerprint density at radius 1 is 1.07 bits per heavy atom. The molecular formula is C25H28O3. The van der Waals surface area contributed by atoms with Crippen LogP contribution in [0.3, 0.4) is 0 Å². The van der Waals surface area contributed by atoms with E-state index in [0.29, 0.717) is 36.0 Å². The fourth-order valence-corrected chi connectivity index (χ4v) is 8.98. The first kappa shape index (κ1) is 16.2. The second kappa shape index (κ2) is 4.42. The summed E-state index contributed by atoms with van der Waals surface area (Å²) in [5, 5.41) is 0. The fraction of sp³-hybridized carbons (Fsp3) is 0.680. The first-order chi connectivity index (χ1) is 13.3. The average molecular weight is 376 g/mol. The van der Waals surface area contributed by atoms with Crippen LogP contribution >= 0.6 is 0 Å². The second-order valence-electron chi connectivity index (χ2n) is 11.3. The lowest BCUT2D eigenvalue weighted by molar-refractivity contribution is -0.162. The Morgan fingerprint density at radius 2 is 1.89 bits per heavy atom. The van der Waals surface area contributed by atoms with Crippen LogP contribution in [0, 0.1) is 45.8 Å². The molecule has 6 aliphatic carbocycles. The van der Waals surface area contributed by atoms with Gasteiger partial charge in [-0.1, -0.05) is 32.1 Å². The monoisotopic (exact) mass is 376 g/mol. The molecule has 0 N–H and O–H groups in total. The molecule has 8 atom stereocenters. The van der Waals surface area contributed by atoms with Crippen LogP contribution in [0.1, 0.15) is 52.4 Å². The minimum absolute atomic E-state index is 0.0104. The number of rotatable bonds is 0. The molecule has 7 aliphatic rings. The number of ether oxygens (including phenoxy) is 1. The van der Waals surface area contributed by atoms with Gasteiger partial charge < -0.3 is 4.74 Å². The smallest absolute Gasteiger partial charge is 0.306 e. The third-order valence-corrected chi connectivity index (χ3v) is 10.3. The zero-order valence-corrected chi connectivity index (χ0v) is 16.7. The van der Waals surface area contributed by atoms with Crippen molar-refractivity contribution >= 4 is 11.8 Å². The number of fused-ring (bicyclic) bond motifs is 10.